The lowest BCUT2D eigenvalue weighted by Crippen LogP contribution is -2.71. The lowest BCUT2D eigenvalue weighted by atomic mass is 10.0. The maximum atomic E-state index is 13.0. The van der Waals surface area contributed by atoms with E-state index in [-0.39, 0.29) is 42.0 Å². The number of carbonyl (C=O) groups excluding carboxylic acids is 3. The predicted molar refractivity (Wildman–Crippen MR) is 129 cm³/mol. The van der Waals surface area contributed by atoms with Gasteiger partial charge in [0.25, 0.3) is 11.8 Å². The summed E-state index contributed by atoms with van der Waals surface area (Å²) in [5.74, 6) is -2.49. The van der Waals surface area contributed by atoms with Crippen molar-refractivity contribution < 1.29 is 34.0 Å². The number of aliphatic carboxylic acids is 1. The number of oxime groups is 1. The third-order valence-corrected chi connectivity index (χ3v) is 7.34. The van der Waals surface area contributed by atoms with Crippen molar-refractivity contribution in [2.45, 2.75) is 24.6 Å². The van der Waals surface area contributed by atoms with Gasteiger partial charge >= 0.3 is 0 Å². The molecule has 14 heteroatoms. The van der Waals surface area contributed by atoms with Gasteiger partial charge in [-0.1, -0.05) is 17.8 Å². The van der Waals surface area contributed by atoms with Crippen molar-refractivity contribution in [3.63, 3.8) is 0 Å². The summed E-state index contributed by atoms with van der Waals surface area (Å²) in [5, 5.41) is 28.9. The number of aliphatic hydroxyl groups excluding tert-OH is 1. The molecular weight excluding hydrogens is 508 g/mol. The summed E-state index contributed by atoms with van der Waals surface area (Å²) in [6.45, 7) is 3.60. The van der Waals surface area contributed by atoms with Crippen molar-refractivity contribution in [2.75, 3.05) is 18.1 Å². The third-order valence-electron chi connectivity index (χ3n) is 5.33. The molecule has 2 aliphatic heterocycles. The highest BCUT2D eigenvalue weighted by atomic mass is 32.2. The van der Waals surface area contributed by atoms with Crippen LogP contribution in [-0.2, 0) is 32.4 Å². The Morgan fingerprint density at radius 2 is 2.31 bits per heavy atom. The molecule has 1 unspecified atom stereocenters. The Kier molecular flexibility index (Phi) is 7.67. The highest BCUT2D eigenvalue weighted by Gasteiger charge is 2.53. The van der Waals surface area contributed by atoms with Crippen LogP contribution in [0.15, 0.2) is 59.0 Å². The zero-order chi connectivity index (χ0) is 25.8. The molecule has 2 aromatic rings. The molecule has 0 bridgehead atoms. The number of nitrogens with one attached hydrogen (secondary N) is 1. The number of carbonyl (C=O) groups is 3. The first-order chi connectivity index (χ1) is 17.3. The number of carboxylic acids is 1. The Bertz CT molecular complexity index is 1280. The topological polar surface area (TPSA) is 174 Å². The molecule has 2 aliphatic rings. The number of fused-ring (bicyclic) bond motifs is 1. The van der Waals surface area contributed by atoms with Gasteiger partial charge in [-0.05, 0) is 6.07 Å². The Balaban J connectivity index is 1.53. The lowest BCUT2D eigenvalue weighted by Gasteiger charge is -2.50. The van der Waals surface area contributed by atoms with Crippen molar-refractivity contribution in [3.05, 3.63) is 65.1 Å². The fourth-order valence-corrected chi connectivity index (χ4v) is 5.63. The Hall–Kier alpha value is -3.75. The standard InChI is InChI=1S/C22H22N6O6S2/c1-2-6-34-26-15(14-11-36-22(23)24-14)18(30)25-16-19(31)28-17(21(32)33)13(10-35-20(16)28)8-27-5-3-4-12(7-27)9-29/h2-5,7,11,16,20,29H,1,6,8-10H2,(H3-,23,24,25,30,32,33)/t16?,20-/m0/s1. The summed E-state index contributed by atoms with van der Waals surface area (Å²) < 4.78 is 1.72. The van der Waals surface area contributed by atoms with Crippen molar-refractivity contribution >= 4 is 51.7 Å². The highest BCUT2D eigenvalue weighted by Crippen LogP contribution is 2.40. The van der Waals surface area contributed by atoms with E-state index in [1.54, 1.807) is 29.1 Å². The molecule has 12 nitrogen and oxygen atoms in total. The number of β-lactam (4-membered cyclic amide) rings is 1. The van der Waals surface area contributed by atoms with Gasteiger partial charge in [0.15, 0.2) is 29.8 Å². The number of anilines is 1. The number of nitrogen functional groups attached to an aromatic ring is 1. The molecule has 4 N–H and O–H groups in total. The van der Waals surface area contributed by atoms with Gasteiger partial charge in [-0.15, -0.1) is 23.1 Å². The van der Waals surface area contributed by atoms with Crippen LogP contribution in [0.4, 0.5) is 5.13 Å². The molecule has 2 amide bonds. The van der Waals surface area contributed by atoms with Gasteiger partial charge in [-0.3, -0.25) is 14.5 Å². The zero-order valence-corrected chi connectivity index (χ0v) is 20.5. The van der Waals surface area contributed by atoms with Gasteiger partial charge in [-0.25, -0.2) is 9.55 Å². The number of thioether (sulfide) groups is 1. The molecule has 0 aromatic carbocycles. The van der Waals surface area contributed by atoms with E-state index >= 15 is 0 Å². The molecule has 4 rings (SSSR count). The first-order valence-corrected chi connectivity index (χ1v) is 12.6. The SMILES string of the molecule is C=CCON=C(C(=O)NC1C(=O)N2C(C(=O)[O-])=C(C[n+]3cccc(CO)c3)CS[C@@H]12)c1csc(N)n1. The van der Waals surface area contributed by atoms with Gasteiger partial charge < -0.3 is 30.9 Å². The Morgan fingerprint density at radius 3 is 2.97 bits per heavy atom. The second-order valence-corrected chi connectivity index (χ2v) is 9.73. The van der Waals surface area contributed by atoms with E-state index in [1.165, 1.54) is 23.2 Å². The molecule has 0 aliphatic carbocycles. The minimum absolute atomic E-state index is 0.0484. The van der Waals surface area contributed by atoms with Gasteiger partial charge in [0.1, 0.15) is 23.7 Å². The van der Waals surface area contributed by atoms with Crippen LogP contribution in [0, 0.1) is 0 Å². The molecule has 0 radical (unpaired) electrons. The quantitative estimate of drug-likeness (QED) is 0.0826. The molecule has 0 spiro atoms. The van der Waals surface area contributed by atoms with Gasteiger partial charge in [0.2, 0.25) is 0 Å². The Labute approximate surface area is 213 Å². The fourth-order valence-electron chi connectivity index (χ4n) is 3.75. The van der Waals surface area contributed by atoms with Crippen LogP contribution in [0.25, 0.3) is 0 Å². The maximum Gasteiger partial charge on any atom is 0.276 e. The van der Waals surface area contributed by atoms with E-state index in [0.29, 0.717) is 16.9 Å². The maximum absolute atomic E-state index is 13.0. The molecule has 1 fully saturated rings. The molecule has 2 atom stereocenters. The van der Waals surface area contributed by atoms with Crippen LogP contribution in [0.2, 0.25) is 0 Å². The second-order valence-electron chi connectivity index (χ2n) is 7.74. The third kappa shape index (κ3) is 5.10. The van der Waals surface area contributed by atoms with Crippen LogP contribution in [0.3, 0.4) is 0 Å². The lowest BCUT2D eigenvalue weighted by molar-refractivity contribution is -0.689. The summed E-state index contributed by atoms with van der Waals surface area (Å²) >= 11 is 2.43. The van der Waals surface area contributed by atoms with Gasteiger partial charge in [-0.2, -0.15) is 0 Å². The first kappa shape index (κ1) is 25.3. The average molecular weight is 531 g/mol. The van der Waals surface area contributed by atoms with Crippen LogP contribution < -0.4 is 20.7 Å². The molecule has 1 saturated heterocycles. The minimum atomic E-state index is -1.48. The number of hydrogen-bond acceptors (Lipinski definition) is 11. The van der Waals surface area contributed by atoms with Crippen molar-refractivity contribution in [2.24, 2.45) is 5.16 Å². The van der Waals surface area contributed by atoms with Crippen molar-refractivity contribution in [3.8, 4) is 0 Å². The number of hydrogen-bond donors (Lipinski definition) is 3. The summed E-state index contributed by atoms with van der Waals surface area (Å²) in [6, 6.07) is 2.49. The number of amides is 2. The number of carboxylic acid groups (broad SMARTS) is 1. The van der Waals surface area contributed by atoms with Crippen molar-refractivity contribution in [1.29, 1.82) is 0 Å². The highest BCUT2D eigenvalue weighted by molar-refractivity contribution is 8.00. The summed E-state index contributed by atoms with van der Waals surface area (Å²) in [6.07, 6.45) is 4.87. The minimum Gasteiger partial charge on any atom is -0.543 e. The zero-order valence-electron chi connectivity index (χ0n) is 18.8. The number of aromatic nitrogens is 2. The summed E-state index contributed by atoms with van der Waals surface area (Å²) in [5.41, 5.74) is 6.60. The number of aliphatic hydroxyl groups is 1. The number of pyridine rings is 1. The fraction of sp³-hybridized carbons (Fsp3) is 0.273. The van der Waals surface area contributed by atoms with E-state index in [9.17, 15) is 24.6 Å². The van der Waals surface area contributed by atoms with E-state index in [4.69, 9.17) is 10.6 Å². The van der Waals surface area contributed by atoms with E-state index < -0.39 is 29.2 Å². The summed E-state index contributed by atoms with van der Waals surface area (Å²) in [7, 11) is 0. The average Bonchev–Trinajstić information content (AvgIpc) is 3.30. The smallest absolute Gasteiger partial charge is 0.276 e. The van der Waals surface area contributed by atoms with E-state index in [2.05, 4.69) is 22.0 Å². The molecular formula is C22H22N6O6S2. The number of rotatable bonds is 10. The van der Waals surface area contributed by atoms with Crippen LogP contribution in [0.1, 0.15) is 11.3 Å². The van der Waals surface area contributed by atoms with Gasteiger partial charge in [0.05, 0.1) is 18.3 Å². The van der Waals surface area contributed by atoms with Crippen LogP contribution in [0.5, 0.6) is 0 Å². The van der Waals surface area contributed by atoms with Crippen molar-refractivity contribution in [1.82, 2.24) is 15.2 Å². The number of thiazole rings is 1. The van der Waals surface area contributed by atoms with Crippen LogP contribution >= 0.6 is 23.1 Å². The molecule has 188 valence electrons. The van der Waals surface area contributed by atoms with Gasteiger partial charge in [0, 0.05) is 28.3 Å². The molecule has 0 saturated carbocycles. The monoisotopic (exact) mass is 530 g/mol. The van der Waals surface area contributed by atoms with E-state index in [1.807, 2.05) is 0 Å². The first-order valence-electron chi connectivity index (χ1n) is 10.6. The predicted octanol–water partition coefficient (Wildman–Crippen LogP) is -1.48. The van der Waals surface area contributed by atoms with E-state index in [0.717, 1.165) is 16.2 Å². The molecule has 4 heterocycles. The molecule has 36 heavy (non-hydrogen) atoms. The Morgan fingerprint density at radius 1 is 1.50 bits per heavy atom. The molecule has 2 aromatic heterocycles. The summed E-state index contributed by atoms with van der Waals surface area (Å²) in [4.78, 5) is 48.2. The normalized spacial score (nSPS) is 19.4. The number of nitrogens with zero attached hydrogens (tertiary/aromatic N) is 4. The second kappa shape index (κ2) is 10.9. The van der Waals surface area contributed by atoms with Crippen LogP contribution in [-0.4, -0.2) is 62.3 Å². The largest absolute Gasteiger partial charge is 0.543 e. The number of nitrogens with two attached hydrogens (primary N) is 1.